The lowest BCUT2D eigenvalue weighted by molar-refractivity contribution is -0.123. The summed E-state index contributed by atoms with van der Waals surface area (Å²) in [5, 5.41) is 22.1. The normalized spacial score (nSPS) is 10.9. The Morgan fingerprint density at radius 2 is 1.30 bits per heavy atom. The molecule has 4 rings (SSSR count). The quantitative estimate of drug-likeness (QED) is 0.0125. The number of ether oxygens (including phenoxy) is 7. The molecule has 0 aliphatic rings. The molecule has 0 radical (unpaired) electrons. The number of hydrogen-bond acceptors (Lipinski definition) is 20. The molecule has 0 fully saturated rings. The number of amides is 5. The number of halogens is 2. The van der Waals surface area contributed by atoms with E-state index in [1.165, 1.54) is 88.7 Å². The molecule has 4 aromatic rings. The van der Waals surface area contributed by atoms with Gasteiger partial charge in [-0.1, -0.05) is 67.7 Å². The molecule has 3 aromatic heterocycles. The van der Waals surface area contributed by atoms with Crippen LogP contribution in [0.1, 0.15) is 91.1 Å². The van der Waals surface area contributed by atoms with Gasteiger partial charge in [0.15, 0.2) is 5.75 Å². The van der Waals surface area contributed by atoms with E-state index in [0.717, 1.165) is 11.6 Å². The van der Waals surface area contributed by atoms with Crippen molar-refractivity contribution in [2.45, 2.75) is 112 Å². The highest BCUT2D eigenvalue weighted by Crippen LogP contribution is 2.27. The summed E-state index contributed by atoms with van der Waals surface area (Å²) in [5.41, 5.74) is 4.83. The maximum Gasteiger partial charge on any atom is 0.328 e. The molecule has 0 aliphatic heterocycles. The lowest BCUT2D eigenvalue weighted by Gasteiger charge is -2.24. The monoisotopic (exact) mass is 1300 g/mol. The number of methoxy groups -OCH3 is 3. The number of primary amides is 1. The van der Waals surface area contributed by atoms with Gasteiger partial charge >= 0.3 is 5.69 Å². The maximum absolute atomic E-state index is 13.1. The number of aliphatic hydroxyl groups is 1. The summed E-state index contributed by atoms with van der Waals surface area (Å²) in [6.45, 7) is 22.2. The van der Waals surface area contributed by atoms with Gasteiger partial charge in [0.05, 0.1) is 86.3 Å². The number of pyridine rings is 1. The van der Waals surface area contributed by atoms with Gasteiger partial charge in [-0.2, -0.15) is 5.10 Å². The lowest BCUT2D eigenvalue weighted by Crippen LogP contribution is -2.48. The summed E-state index contributed by atoms with van der Waals surface area (Å²) >= 11 is 12.3. The fraction of sp³-hybridized carbons (Fsp3) is 0.593. The van der Waals surface area contributed by atoms with Gasteiger partial charge in [-0.25, -0.2) is 15.3 Å². The summed E-state index contributed by atoms with van der Waals surface area (Å²) in [6, 6.07) is 8.61. The number of H-pyrrole nitrogens is 1. The van der Waals surface area contributed by atoms with Crippen molar-refractivity contribution in [3.8, 4) is 16.9 Å². The van der Waals surface area contributed by atoms with Crippen LogP contribution in [0, 0.1) is 0 Å². The molecule has 3 heterocycles. The molecule has 9 N–H and O–H groups in total. The summed E-state index contributed by atoms with van der Waals surface area (Å²) in [5.74, 6) is 3.54. The van der Waals surface area contributed by atoms with Crippen molar-refractivity contribution >= 4 is 53.2 Å². The molecule has 28 nitrogen and oxygen atoms in total. The van der Waals surface area contributed by atoms with E-state index in [1.807, 2.05) is 6.92 Å². The Morgan fingerprint density at radius 3 is 1.74 bits per heavy atom. The van der Waals surface area contributed by atoms with Crippen molar-refractivity contribution in [1.29, 1.82) is 0 Å². The number of nitrogens with one attached hydrogen (secondary N) is 4. The van der Waals surface area contributed by atoms with Crippen LogP contribution < -0.4 is 49.1 Å². The predicted octanol–water partition coefficient (Wildman–Crippen LogP) is 3.00. The first kappa shape index (κ1) is 86.5. The van der Waals surface area contributed by atoms with Crippen LogP contribution in [0.15, 0.2) is 69.5 Å². The van der Waals surface area contributed by atoms with E-state index in [9.17, 15) is 38.4 Å². The molecular formula is C59H100Cl2N12O16. The molecule has 506 valence electrons. The second kappa shape index (κ2) is 54.3. The smallest absolute Gasteiger partial charge is 0.328 e. The number of aliphatic hydroxyl groups excluding tert-OH is 1. The van der Waals surface area contributed by atoms with Crippen molar-refractivity contribution in [3.63, 3.8) is 0 Å². The Labute approximate surface area is 533 Å². The van der Waals surface area contributed by atoms with Crippen LogP contribution in [0.25, 0.3) is 11.1 Å². The highest BCUT2D eigenvalue weighted by molar-refractivity contribution is 6.39. The number of rotatable bonds is 31. The number of nitrogens with zero attached hydrogens (tertiary/aromatic N) is 6. The minimum Gasteiger partial charge on any atom is -0.489 e. The highest BCUT2D eigenvalue weighted by atomic mass is 35.5. The molecule has 0 aliphatic carbocycles. The molecule has 0 saturated carbocycles. The molecule has 1 aromatic carbocycles. The van der Waals surface area contributed by atoms with Crippen LogP contribution in [0.2, 0.25) is 10.0 Å². The second-order valence-corrected chi connectivity index (χ2v) is 20.1. The number of benzene rings is 1. The Kier molecular flexibility index (Phi) is 52.7. The second-order valence-electron chi connectivity index (χ2n) is 19.3. The SMILES string of the molecule is CC(C)N(C)C(C)C.CC(N)=O.CCC.CCOC.CN(N)C=O.COC(CO)CCn1ccc(=O)[nH]c1=O.COCCNC(=O)C(Cc1ccc(-c2c(OCCOCCOCCOCCNC(C)=O)cnn(C)c2=O)cc1)NC(=O)c1c(Cl)cncc1Cl. The predicted molar refractivity (Wildman–Crippen MR) is 344 cm³/mol. The molecule has 5 amide bonds. The van der Waals surface area contributed by atoms with E-state index < -0.39 is 29.1 Å². The van der Waals surface area contributed by atoms with Crippen LogP contribution in [0.4, 0.5) is 0 Å². The molecule has 0 saturated heterocycles. The van der Waals surface area contributed by atoms with Gasteiger partial charge < -0.3 is 69.4 Å². The molecule has 0 bridgehead atoms. The summed E-state index contributed by atoms with van der Waals surface area (Å²) in [6.07, 6.45) is 7.59. The van der Waals surface area contributed by atoms with E-state index in [1.54, 1.807) is 31.4 Å². The first-order chi connectivity index (χ1) is 42.2. The van der Waals surface area contributed by atoms with Crippen LogP contribution in [-0.4, -0.2) is 208 Å². The molecule has 30 heteroatoms. The first-order valence-corrected chi connectivity index (χ1v) is 29.4. The average molecular weight is 1300 g/mol. The number of nitrogens with two attached hydrogens (primary N) is 2. The standard InChI is InChI=1S/C33H42Cl2N6O9.C9H14N2O4.C7H17N.C3H8O.C3H8.C2H6N2O.C2H5NO/c1-22(42)37-9-11-47-12-13-48-14-15-49-16-17-50-28-21-39-41(2)33(45)29(28)24-6-4-23(5-7-24)18-27(31(43)38-8-10-46-3)40-32(44)30-25(34)19-36-20-26(30)35;1-15-7(6-12)2-4-11-5-3-8(13)10-9(11)14;1-6(2)8(5)7(3)4;1-3-4-2;1-3-2;1-4(3)2-5;1-2(3)4/h4-7,19-21,27H,8-18H2,1-3H3,(H,37,42)(H,38,43)(H,40,44);3,5,7,12H,2,4,6H2,1H3,(H,10,13,14);6-7H,1-5H3;3H2,1-2H3;3H2,1-2H3;2H,3H2,1H3;1H3,(H2,3,4). The van der Waals surface area contributed by atoms with E-state index in [2.05, 4.69) is 95.0 Å². The topological polar surface area (TPSA) is 367 Å². The summed E-state index contributed by atoms with van der Waals surface area (Å²) in [7, 11) is 9.84. The van der Waals surface area contributed by atoms with Crippen molar-refractivity contribution in [3.05, 3.63) is 107 Å². The Morgan fingerprint density at radius 1 is 0.798 bits per heavy atom. The maximum atomic E-state index is 13.1. The van der Waals surface area contributed by atoms with E-state index in [4.69, 9.17) is 62.6 Å². The van der Waals surface area contributed by atoms with Gasteiger partial charge in [-0.3, -0.25) is 48.5 Å². The number of hydrogen-bond donors (Lipinski definition) is 7. The van der Waals surface area contributed by atoms with Crippen LogP contribution in [0.5, 0.6) is 5.75 Å². The number of hydrazine groups is 1. The fourth-order valence-corrected chi connectivity index (χ4v) is 6.78. The van der Waals surface area contributed by atoms with Gasteiger partial charge in [-0.05, 0) is 59.2 Å². The zero-order chi connectivity index (χ0) is 68.3. The van der Waals surface area contributed by atoms with Crippen LogP contribution in [-0.2, 0) is 67.6 Å². The van der Waals surface area contributed by atoms with Crippen LogP contribution in [0.3, 0.4) is 0 Å². The van der Waals surface area contributed by atoms with Crippen molar-refractivity contribution in [2.75, 3.05) is 115 Å². The third-order valence-electron chi connectivity index (χ3n) is 11.2. The average Bonchev–Trinajstić information content (AvgIpc) is 1.33. The third kappa shape index (κ3) is 43.6. The Balaban J connectivity index is -0.00000152. The van der Waals surface area contributed by atoms with Gasteiger partial charge in [0.1, 0.15) is 12.6 Å². The van der Waals surface area contributed by atoms with Gasteiger partial charge in [0, 0.05) is 119 Å². The molecule has 2 unspecified atom stereocenters. The minimum atomic E-state index is -0.988. The van der Waals surface area contributed by atoms with Crippen molar-refractivity contribution in [2.24, 2.45) is 18.6 Å². The largest absolute Gasteiger partial charge is 0.489 e. The number of carbonyl (C=O) groups excluding carboxylic acids is 5. The molecule has 89 heavy (non-hydrogen) atoms. The number of carbonyl (C=O) groups is 5. The van der Waals surface area contributed by atoms with E-state index >= 15 is 0 Å². The minimum absolute atomic E-state index is 0.00563. The van der Waals surface area contributed by atoms with Crippen LogP contribution >= 0.6 is 23.2 Å². The number of aryl methyl sites for hydroxylation is 2. The number of aromatic amines is 1. The molecule has 0 spiro atoms. The van der Waals surface area contributed by atoms with Gasteiger partial charge in [-0.15, -0.1) is 0 Å². The first-order valence-electron chi connectivity index (χ1n) is 28.6. The Bertz CT molecular complexity index is 2680. The van der Waals surface area contributed by atoms with Gasteiger partial charge in [0.25, 0.3) is 17.0 Å². The highest BCUT2D eigenvalue weighted by Gasteiger charge is 2.25. The zero-order valence-corrected chi connectivity index (χ0v) is 56.1. The van der Waals surface area contributed by atoms with Gasteiger partial charge in [0.2, 0.25) is 24.1 Å². The summed E-state index contributed by atoms with van der Waals surface area (Å²) < 4.78 is 39.3. The molecule has 2 atom stereocenters. The fourth-order valence-electron chi connectivity index (χ4n) is 6.24. The Hall–Kier alpha value is -6.70. The number of aromatic nitrogens is 5. The zero-order valence-electron chi connectivity index (χ0n) is 54.6. The lowest BCUT2D eigenvalue weighted by atomic mass is 10.0. The third-order valence-corrected chi connectivity index (χ3v) is 11.7. The summed E-state index contributed by atoms with van der Waals surface area (Å²) in [4.78, 5) is 99.0. The van der Waals surface area contributed by atoms with Crippen molar-refractivity contribution < 1.29 is 62.2 Å². The van der Waals surface area contributed by atoms with E-state index in [0.29, 0.717) is 87.7 Å². The van der Waals surface area contributed by atoms with E-state index in [-0.39, 0.29) is 84.2 Å². The van der Waals surface area contributed by atoms with Crippen molar-refractivity contribution in [1.82, 2.24) is 50.2 Å². The molecular weight excluding hydrogens is 1200 g/mol.